The molecule has 0 saturated heterocycles. The molecule has 4 nitrogen and oxygen atoms in total. The fraction of sp³-hybridized carbons (Fsp3) is 0.455. The van der Waals surface area contributed by atoms with Gasteiger partial charge in [0.15, 0.2) is 0 Å². The maximum atomic E-state index is 12.3. The number of nitrogens with two attached hydrogens (primary N) is 1. The summed E-state index contributed by atoms with van der Waals surface area (Å²) in [5.74, 6) is 0. The van der Waals surface area contributed by atoms with Crippen molar-refractivity contribution in [2.24, 2.45) is 0 Å². The summed E-state index contributed by atoms with van der Waals surface area (Å²) in [4.78, 5) is 0.101. The van der Waals surface area contributed by atoms with Crippen molar-refractivity contribution in [2.75, 3.05) is 12.3 Å². The van der Waals surface area contributed by atoms with Crippen LogP contribution in [0.15, 0.2) is 23.1 Å². The van der Waals surface area contributed by atoms with Gasteiger partial charge in [-0.05, 0) is 32.0 Å². The van der Waals surface area contributed by atoms with Crippen LogP contribution in [0.1, 0.15) is 20.8 Å². The minimum absolute atomic E-state index is 0.101. The molecule has 0 atom stereocenters. The van der Waals surface area contributed by atoms with Gasteiger partial charge in [0, 0.05) is 18.3 Å². The molecule has 0 heterocycles. The molecule has 0 aliphatic rings. The van der Waals surface area contributed by atoms with Crippen molar-refractivity contribution in [1.29, 1.82) is 0 Å². The summed E-state index contributed by atoms with van der Waals surface area (Å²) in [7, 11) is -3.55. The number of hydrogen-bond donors (Lipinski definition) is 1. The highest BCUT2D eigenvalue weighted by Gasteiger charge is 2.27. The van der Waals surface area contributed by atoms with E-state index >= 15 is 0 Å². The van der Waals surface area contributed by atoms with E-state index in [9.17, 15) is 8.42 Å². The van der Waals surface area contributed by atoms with Crippen LogP contribution in [-0.2, 0) is 10.0 Å². The van der Waals surface area contributed by atoms with E-state index in [0.717, 1.165) is 0 Å². The molecule has 0 aliphatic heterocycles. The first kappa shape index (κ1) is 14.3. The Hall–Kier alpha value is -0.780. The van der Waals surface area contributed by atoms with Gasteiger partial charge in [-0.3, -0.25) is 0 Å². The van der Waals surface area contributed by atoms with E-state index in [4.69, 9.17) is 17.3 Å². The van der Waals surface area contributed by atoms with Crippen molar-refractivity contribution in [3.05, 3.63) is 23.2 Å². The quantitative estimate of drug-likeness (QED) is 0.859. The van der Waals surface area contributed by atoms with Gasteiger partial charge in [0.1, 0.15) is 4.90 Å². The minimum atomic E-state index is -3.55. The summed E-state index contributed by atoms with van der Waals surface area (Å²) in [5.41, 5.74) is 5.99. The topological polar surface area (TPSA) is 63.4 Å². The van der Waals surface area contributed by atoms with Crippen molar-refractivity contribution in [1.82, 2.24) is 4.31 Å². The first-order valence-corrected chi connectivity index (χ1v) is 7.19. The van der Waals surface area contributed by atoms with Crippen LogP contribution >= 0.6 is 11.6 Å². The molecule has 0 amide bonds. The summed E-state index contributed by atoms with van der Waals surface area (Å²) >= 11 is 5.93. The zero-order valence-electron chi connectivity index (χ0n) is 10.1. The molecule has 0 unspecified atom stereocenters. The van der Waals surface area contributed by atoms with Gasteiger partial charge in [0.25, 0.3) is 0 Å². The Morgan fingerprint density at radius 1 is 1.41 bits per heavy atom. The molecule has 17 heavy (non-hydrogen) atoms. The summed E-state index contributed by atoms with van der Waals surface area (Å²) in [5, 5.41) is 0.157. The molecule has 6 heteroatoms. The average Bonchev–Trinajstić information content (AvgIpc) is 2.16. The lowest BCUT2D eigenvalue weighted by atomic mass is 10.3. The van der Waals surface area contributed by atoms with Crippen LogP contribution in [0.5, 0.6) is 0 Å². The van der Waals surface area contributed by atoms with Gasteiger partial charge in [0.05, 0.1) is 5.02 Å². The molecule has 0 spiro atoms. The van der Waals surface area contributed by atoms with E-state index in [0.29, 0.717) is 12.2 Å². The second-order valence-electron chi connectivity index (χ2n) is 3.99. The summed E-state index contributed by atoms with van der Waals surface area (Å²) in [6, 6.07) is 4.31. The second-order valence-corrected chi connectivity index (χ2v) is 6.26. The minimum Gasteiger partial charge on any atom is -0.399 e. The van der Waals surface area contributed by atoms with Gasteiger partial charge in [-0.2, -0.15) is 4.31 Å². The zero-order chi connectivity index (χ0) is 13.2. The molecule has 1 aromatic carbocycles. The standard InChI is InChI=1S/C11H17ClN2O2S/c1-4-14(8(2)3)17(15,16)11-6-5-9(13)7-10(11)12/h5-8H,4,13H2,1-3H3. The second kappa shape index (κ2) is 5.25. The first-order valence-electron chi connectivity index (χ1n) is 5.37. The smallest absolute Gasteiger partial charge is 0.244 e. The fourth-order valence-electron chi connectivity index (χ4n) is 1.67. The van der Waals surface area contributed by atoms with Crippen LogP contribution in [0, 0.1) is 0 Å². The molecular weight excluding hydrogens is 260 g/mol. The predicted octanol–water partition coefficient (Wildman–Crippen LogP) is 2.34. The van der Waals surface area contributed by atoms with Gasteiger partial charge in [0.2, 0.25) is 10.0 Å². The van der Waals surface area contributed by atoms with Gasteiger partial charge in [-0.1, -0.05) is 18.5 Å². The normalized spacial score (nSPS) is 12.4. The van der Waals surface area contributed by atoms with Crippen LogP contribution in [0.2, 0.25) is 5.02 Å². The maximum Gasteiger partial charge on any atom is 0.244 e. The number of rotatable bonds is 4. The molecule has 0 aromatic heterocycles. The third-order valence-electron chi connectivity index (χ3n) is 2.43. The van der Waals surface area contributed by atoms with Crippen molar-refractivity contribution >= 4 is 27.3 Å². The summed E-state index contributed by atoms with van der Waals surface area (Å²) in [6.45, 7) is 5.85. The molecule has 0 radical (unpaired) electrons. The van der Waals surface area contributed by atoms with Crippen LogP contribution in [0.25, 0.3) is 0 Å². The van der Waals surface area contributed by atoms with E-state index in [1.54, 1.807) is 6.92 Å². The van der Waals surface area contributed by atoms with Crippen molar-refractivity contribution in [3.63, 3.8) is 0 Å². The van der Waals surface area contributed by atoms with E-state index in [-0.39, 0.29) is 16.0 Å². The molecule has 0 fully saturated rings. The molecular formula is C11H17ClN2O2S. The van der Waals surface area contributed by atoms with Crippen molar-refractivity contribution < 1.29 is 8.42 Å². The van der Waals surface area contributed by atoms with Crippen LogP contribution in [0.3, 0.4) is 0 Å². The van der Waals surface area contributed by atoms with E-state index < -0.39 is 10.0 Å². The van der Waals surface area contributed by atoms with Crippen LogP contribution in [-0.4, -0.2) is 25.3 Å². The van der Waals surface area contributed by atoms with Gasteiger partial charge in [-0.25, -0.2) is 8.42 Å². The highest BCUT2D eigenvalue weighted by molar-refractivity contribution is 7.89. The third kappa shape index (κ3) is 2.91. The Morgan fingerprint density at radius 3 is 2.41 bits per heavy atom. The Bertz CT molecular complexity index is 500. The first-order chi connectivity index (χ1) is 7.80. The molecule has 0 saturated carbocycles. The highest BCUT2D eigenvalue weighted by Crippen LogP contribution is 2.27. The largest absolute Gasteiger partial charge is 0.399 e. The van der Waals surface area contributed by atoms with Gasteiger partial charge in [-0.15, -0.1) is 0 Å². The van der Waals surface area contributed by atoms with Gasteiger partial charge < -0.3 is 5.73 Å². The predicted molar refractivity (Wildman–Crippen MR) is 70.6 cm³/mol. The van der Waals surface area contributed by atoms with Crippen molar-refractivity contribution in [3.8, 4) is 0 Å². The molecule has 96 valence electrons. The maximum absolute atomic E-state index is 12.3. The van der Waals surface area contributed by atoms with Crippen LogP contribution in [0.4, 0.5) is 5.69 Å². The Balaban J connectivity index is 3.30. The molecule has 1 rings (SSSR count). The SMILES string of the molecule is CCN(C(C)C)S(=O)(=O)c1ccc(N)cc1Cl. The van der Waals surface area contributed by atoms with Crippen molar-refractivity contribution in [2.45, 2.75) is 31.7 Å². The lowest BCUT2D eigenvalue weighted by Gasteiger charge is -2.24. The third-order valence-corrected chi connectivity index (χ3v) is 5.06. The number of anilines is 1. The number of sulfonamides is 1. The number of halogens is 1. The number of hydrogen-bond acceptors (Lipinski definition) is 3. The lowest BCUT2D eigenvalue weighted by molar-refractivity contribution is 0.369. The van der Waals surface area contributed by atoms with Gasteiger partial charge >= 0.3 is 0 Å². The Kier molecular flexibility index (Phi) is 4.41. The fourth-order valence-corrected chi connectivity index (χ4v) is 3.84. The van der Waals surface area contributed by atoms with E-state index in [1.165, 1.54) is 22.5 Å². The Labute approximate surface area is 107 Å². The number of nitrogen functional groups attached to an aromatic ring is 1. The number of benzene rings is 1. The van der Waals surface area contributed by atoms with Crippen LogP contribution < -0.4 is 5.73 Å². The van der Waals surface area contributed by atoms with E-state index in [2.05, 4.69) is 0 Å². The number of nitrogens with zero attached hydrogens (tertiary/aromatic N) is 1. The summed E-state index contributed by atoms with van der Waals surface area (Å²) in [6.07, 6.45) is 0. The molecule has 0 bridgehead atoms. The molecule has 2 N–H and O–H groups in total. The Morgan fingerprint density at radius 2 is 2.00 bits per heavy atom. The van der Waals surface area contributed by atoms with E-state index in [1.807, 2.05) is 13.8 Å². The summed E-state index contributed by atoms with van der Waals surface area (Å²) < 4.78 is 26.1. The molecule has 1 aromatic rings. The average molecular weight is 277 g/mol. The highest BCUT2D eigenvalue weighted by atomic mass is 35.5. The monoisotopic (exact) mass is 276 g/mol. The zero-order valence-corrected chi connectivity index (χ0v) is 11.7. The lowest BCUT2D eigenvalue weighted by Crippen LogP contribution is -2.36. The molecule has 0 aliphatic carbocycles.